The third-order valence-electron chi connectivity index (χ3n) is 3.56. The van der Waals surface area contributed by atoms with Crippen LogP contribution in [0.4, 0.5) is 0 Å². The highest BCUT2D eigenvalue weighted by Gasteiger charge is 2.07. The molecule has 116 valence electrons. The summed E-state index contributed by atoms with van der Waals surface area (Å²) in [6, 6.07) is 17.3. The zero-order chi connectivity index (χ0) is 16.1. The number of hydrogen-bond acceptors (Lipinski definition) is 2. The van der Waals surface area contributed by atoms with E-state index in [9.17, 15) is 4.79 Å². The summed E-state index contributed by atoms with van der Waals surface area (Å²) in [6.45, 7) is 1.18. The van der Waals surface area contributed by atoms with Crippen LogP contribution in [0.15, 0.2) is 71.5 Å². The summed E-state index contributed by atoms with van der Waals surface area (Å²) in [4.78, 5) is 12.2. The average Bonchev–Trinajstić information content (AvgIpc) is 3.07. The Morgan fingerprint density at radius 1 is 1.04 bits per heavy atom. The van der Waals surface area contributed by atoms with Gasteiger partial charge in [0.1, 0.15) is 0 Å². The fourth-order valence-corrected chi connectivity index (χ4v) is 2.60. The third kappa shape index (κ3) is 4.07. The lowest BCUT2D eigenvalue weighted by molar-refractivity contribution is 0.0951. The Morgan fingerprint density at radius 3 is 2.48 bits per heavy atom. The van der Waals surface area contributed by atoms with E-state index >= 15 is 0 Å². The smallest absolute Gasteiger partial charge is 0.251 e. The Balaban J connectivity index is 1.68. The summed E-state index contributed by atoms with van der Waals surface area (Å²) in [6.07, 6.45) is 3.69. The van der Waals surface area contributed by atoms with Crippen molar-refractivity contribution in [2.75, 3.05) is 0 Å². The monoisotopic (exact) mass is 369 g/mol. The Kier molecular flexibility index (Phi) is 4.88. The number of aromatic nitrogens is 2. The number of halogens is 1. The van der Waals surface area contributed by atoms with Crippen molar-refractivity contribution in [3.05, 3.63) is 88.2 Å². The van der Waals surface area contributed by atoms with Gasteiger partial charge in [0.25, 0.3) is 5.91 Å². The van der Waals surface area contributed by atoms with Gasteiger partial charge in [0.05, 0.1) is 6.54 Å². The number of amides is 1. The van der Waals surface area contributed by atoms with Crippen LogP contribution in [-0.2, 0) is 13.1 Å². The van der Waals surface area contributed by atoms with E-state index < -0.39 is 0 Å². The lowest BCUT2D eigenvalue weighted by atomic mass is 10.1. The molecule has 0 saturated heterocycles. The zero-order valence-corrected chi connectivity index (χ0v) is 14.0. The van der Waals surface area contributed by atoms with Gasteiger partial charge in [0.15, 0.2) is 0 Å². The fraction of sp³-hybridized carbons (Fsp3) is 0.111. The fourth-order valence-electron chi connectivity index (χ4n) is 2.33. The van der Waals surface area contributed by atoms with E-state index in [0.717, 1.165) is 15.6 Å². The highest BCUT2D eigenvalue weighted by Crippen LogP contribution is 2.12. The van der Waals surface area contributed by atoms with Gasteiger partial charge in [-0.05, 0) is 41.5 Å². The molecule has 1 aromatic heterocycles. The molecule has 0 atom stereocenters. The summed E-state index contributed by atoms with van der Waals surface area (Å²) in [5.41, 5.74) is 2.89. The standard InChI is InChI=1S/C18H16BrN3O/c19-17-8-6-14(7-9-17)18(23)20-12-15-4-1-2-5-16(15)13-22-11-3-10-21-22/h1-11H,12-13H2,(H,20,23). The molecule has 3 aromatic rings. The van der Waals surface area contributed by atoms with Gasteiger partial charge in [-0.1, -0.05) is 40.2 Å². The average molecular weight is 370 g/mol. The van der Waals surface area contributed by atoms with E-state index in [-0.39, 0.29) is 5.91 Å². The lowest BCUT2D eigenvalue weighted by Crippen LogP contribution is -2.23. The van der Waals surface area contributed by atoms with Gasteiger partial charge in [-0.2, -0.15) is 5.10 Å². The summed E-state index contributed by atoms with van der Waals surface area (Å²) >= 11 is 3.37. The molecule has 1 amide bonds. The van der Waals surface area contributed by atoms with Gasteiger partial charge in [-0.25, -0.2) is 0 Å². The molecule has 0 unspecified atom stereocenters. The Hall–Kier alpha value is -2.40. The zero-order valence-electron chi connectivity index (χ0n) is 12.4. The largest absolute Gasteiger partial charge is 0.348 e. The normalized spacial score (nSPS) is 10.5. The van der Waals surface area contributed by atoms with Crippen LogP contribution in [0.25, 0.3) is 0 Å². The number of nitrogens with zero attached hydrogens (tertiary/aromatic N) is 2. The van der Waals surface area contributed by atoms with E-state index in [1.165, 1.54) is 0 Å². The van der Waals surface area contributed by atoms with Gasteiger partial charge in [0.2, 0.25) is 0 Å². The minimum atomic E-state index is -0.0774. The van der Waals surface area contributed by atoms with Crippen LogP contribution in [0, 0.1) is 0 Å². The summed E-state index contributed by atoms with van der Waals surface area (Å²) in [5, 5.41) is 7.20. The first-order valence-corrected chi connectivity index (χ1v) is 8.09. The third-order valence-corrected chi connectivity index (χ3v) is 4.08. The van der Waals surface area contributed by atoms with Crippen LogP contribution in [0.3, 0.4) is 0 Å². The van der Waals surface area contributed by atoms with Crippen LogP contribution in [0.1, 0.15) is 21.5 Å². The van der Waals surface area contributed by atoms with E-state index in [1.54, 1.807) is 18.3 Å². The van der Waals surface area contributed by atoms with Crippen molar-refractivity contribution in [3.63, 3.8) is 0 Å². The van der Waals surface area contributed by atoms with E-state index in [2.05, 4.69) is 32.4 Å². The number of nitrogens with one attached hydrogen (secondary N) is 1. The molecule has 23 heavy (non-hydrogen) atoms. The first-order chi connectivity index (χ1) is 11.2. The number of carbonyl (C=O) groups excluding carboxylic acids is 1. The maximum absolute atomic E-state index is 12.2. The second kappa shape index (κ2) is 7.24. The number of carbonyl (C=O) groups is 1. The molecule has 0 bridgehead atoms. The maximum Gasteiger partial charge on any atom is 0.251 e. The first-order valence-electron chi connectivity index (χ1n) is 7.30. The van der Waals surface area contributed by atoms with Crippen LogP contribution < -0.4 is 5.32 Å². The molecule has 0 radical (unpaired) electrons. The minimum Gasteiger partial charge on any atom is -0.348 e. The maximum atomic E-state index is 12.2. The highest BCUT2D eigenvalue weighted by atomic mass is 79.9. The van der Waals surface area contributed by atoms with Crippen molar-refractivity contribution in [1.82, 2.24) is 15.1 Å². The molecule has 5 heteroatoms. The molecule has 0 spiro atoms. The quantitative estimate of drug-likeness (QED) is 0.746. The molecule has 1 heterocycles. The van der Waals surface area contributed by atoms with Crippen molar-refractivity contribution in [3.8, 4) is 0 Å². The number of hydrogen-bond donors (Lipinski definition) is 1. The van der Waals surface area contributed by atoms with Gasteiger partial charge in [-0.3, -0.25) is 9.48 Å². The molecular weight excluding hydrogens is 354 g/mol. The Bertz CT molecular complexity index is 782. The highest BCUT2D eigenvalue weighted by molar-refractivity contribution is 9.10. The molecule has 2 aromatic carbocycles. The van der Waals surface area contributed by atoms with E-state index in [0.29, 0.717) is 18.7 Å². The summed E-state index contributed by atoms with van der Waals surface area (Å²) in [7, 11) is 0. The molecule has 0 saturated carbocycles. The molecule has 0 aliphatic heterocycles. The molecular formula is C18H16BrN3O. The molecule has 0 aliphatic rings. The van der Waals surface area contributed by atoms with Crippen molar-refractivity contribution in [1.29, 1.82) is 0 Å². The van der Waals surface area contributed by atoms with Crippen LogP contribution >= 0.6 is 15.9 Å². The first kappa shape index (κ1) is 15.5. The number of benzene rings is 2. The van der Waals surface area contributed by atoms with Crippen LogP contribution in [0.2, 0.25) is 0 Å². The van der Waals surface area contributed by atoms with E-state index in [1.807, 2.05) is 47.3 Å². The van der Waals surface area contributed by atoms with Crippen molar-refractivity contribution >= 4 is 21.8 Å². The second-order valence-corrected chi connectivity index (χ2v) is 6.08. The topological polar surface area (TPSA) is 46.9 Å². The van der Waals surface area contributed by atoms with Gasteiger partial charge in [0, 0.05) is 29.0 Å². The summed E-state index contributed by atoms with van der Waals surface area (Å²) in [5.74, 6) is -0.0774. The molecule has 0 fully saturated rings. The molecule has 0 aliphatic carbocycles. The SMILES string of the molecule is O=C(NCc1ccccc1Cn1cccn1)c1ccc(Br)cc1. The van der Waals surface area contributed by atoms with Crippen LogP contribution in [-0.4, -0.2) is 15.7 Å². The van der Waals surface area contributed by atoms with Crippen molar-refractivity contribution in [2.45, 2.75) is 13.1 Å². The van der Waals surface area contributed by atoms with Gasteiger partial charge >= 0.3 is 0 Å². The molecule has 3 rings (SSSR count). The van der Waals surface area contributed by atoms with Gasteiger partial charge in [-0.15, -0.1) is 0 Å². The predicted molar refractivity (Wildman–Crippen MR) is 93.1 cm³/mol. The predicted octanol–water partition coefficient (Wildman–Crippen LogP) is 3.62. The van der Waals surface area contributed by atoms with Gasteiger partial charge < -0.3 is 5.32 Å². The van der Waals surface area contributed by atoms with E-state index in [4.69, 9.17) is 0 Å². The molecule has 1 N–H and O–H groups in total. The minimum absolute atomic E-state index is 0.0774. The van der Waals surface area contributed by atoms with Crippen molar-refractivity contribution in [2.24, 2.45) is 0 Å². The van der Waals surface area contributed by atoms with Crippen LogP contribution in [0.5, 0.6) is 0 Å². The number of rotatable bonds is 5. The van der Waals surface area contributed by atoms with Crippen molar-refractivity contribution < 1.29 is 4.79 Å². The summed E-state index contributed by atoms with van der Waals surface area (Å²) < 4.78 is 2.83. The second-order valence-electron chi connectivity index (χ2n) is 5.16. The Morgan fingerprint density at radius 2 is 1.78 bits per heavy atom. The molecule has 4 nitrogen and oxygen atoms in total. The Labute approximate surface area is 143 Å². The lowest BCUT2D eigenvalue weighted by Gasteiger charge is -2.11.